The van der Waals surface area contributed by atoms with E-state index in [-0.39, 0.29) is 6.42 Å². The molecule has 0 unspecified atom stereocenters. The van der Waals surface area contributed by atoms with E-state index in [1.54, 1.807) is 0 Å². The van der Waals surface area contributed by atoms with E-state index < -0.39 is 5.97 Å². The van der Waals surface area contributed by atoms with Crippen LogP contribution in [-0.2, 0) is 4.79 Å². The topological polar surface area (TPSA) is 40.1 Å². The van der Waals surface area contributed by atoms with Gasteiger partial charge in [-0.1, -0.05) is 193 Å². The number of aliphatic carboxylic acids is 1. The van der Waals surface area contributed by atoms with Gasteiger partial charge in [-0.2, -0.15) is 0 Å². The average Bonchev–Trinajstić information content (AvgIpc) is 2.85. The maximum Gasteiger partial charge on any atom is 0.0414 e. The lowest BCUT2D eigenvalue weighted by atomic mass is 10.0. The van der Waals surface area contributed by atoms with E-state index in [0.717, 1.165) is 12.8 Å². The van der Waals surface area contributed by atoms with Crippen molar-refractivity contribution in [3.63, 3.8) is 0 Å². The maximum atomic E-state index is 10.3. The van der Waals surface area contributed by atoms with Crippen molar-refractivity contribution in [2.45, 2.75) is 206 Å². The molecule has 0 aliphatic heterocycles. The zero-order valence-electron chi connectivity index (χ0n) is 24.2. The minimum Gasteiger partial charge on any atom is -0.550 e. The van der Waals surface area contributed by atoms with Crippen LogP contribution in [0.25, 0.3) is 0 Å². The van der Waals surface area contributed by atoms with Crippen LogP contribution in [0.1, 0.15) is 206 Å². The van der Waals surface area contributed by atoms with Gasteiger partial charge in [0.2, 0.25) is 0 Å². The van der Waals surface area contributed by atoms with Crippen LogP contribution in [0, 0.1) is 0 Å². The summed E-state index contributed by atoms with van der Waals surface area (Å²) >= 11 is 0. The Balaban J connectivity index is 3.01. The molecule has 0 N–H and O–H groups in total. The smallest absolute Gasteiger partial charge is 0.0414 e. The van der Waals surface area contributed by atoms with Crippen molar-refractivity contribution in [3.8, 4) is 0 Å². The van der Waals surface area contributed by atoms with Gasteiger partial charge in [-0.05, 0) is 12.8 Å². The Morgan fingerprint density at radius 2 is 0.514 bits per heavy atom. The fraction of sp³-hybridized carbons (Fsp3) is 0.970. The number of carbonyl (C=O) groups excluding carboxylic acids is 1. The highest BCUT2D eigenvalue weighted by atomic mass is 16.4. The predicted molar refractivity (Wildman–Crippen MR) is 154 cm³/mol. The summed E-state index contributed by atoms with van der Waals surface area (Å²) in [6, 6.07) is 0. The Hall–Kier alpha value is -0.530. The Morgan fingerprint density at radius 1 is 0.343 bits per heavy atom. The molecule has 0 aromatic heterocycles. The van der Waals surface area contributed by atoms with Gasteiger partial charge in [0.1, 0.15) is 0 Å². The average molecular weight is 494 g/mol. The van der Waals surface area contributed by atoms with E-state index in [1.807, 2.05) is 0 Å². The minimum absolute atomic E-state index is 0.236. The van der Waals surface area contributed by atoms with Crippen molar-refractivity contribution in [1.29, 1.82) is 0 Å². The van der Waals surface area contributed by atoms with Gasteiger partial charge in [-0.3, -0.25) is 0 Å². The Morgan fingerprint density at radius 3 is 0.686 bits per heavy atom. The van der Waals surface area contributed by atoms with Crippen molar-refractivity contribution in [2.24, 2.45) is 0 Å². The van der Waals surface area contributed by atoms with Crippen LogP contribution in [0.3, 0.4) is 0 Å². The molecule has 0 aliphatic rings. The largest absolute Gasteiger partial charge is 0.550 e. The first-order valence-corrected chi connectivity index (χ1v) is 16.5. The molecule has 0 aromatic carbocycles. The molecule has 0 bridgehead atoms. The van der Waals surface area contributed by atoms with Crippen LogP contribution >= 0.6 is 0 Å². The second-order valence-electron chi connectivity index (χ2n) is 11.4. The summed E-state index contributed by atoms with van der Waals surface area (Å²) in [5.41, 5.74) is 0. The van der Waals surface area contributed by atoms with Crippen LogP contribution in [-0.4, -0.2) is 5.97 Å². The van der Waals surface area contributed by atoms with Gasteiger partial charge in [0.05, 0.1) is 0 Å². The summed E-state index contributed by atoms with van der Waals surface area (Å²) in [6.07, 6.45) is 42.1. The molecule has 0 spiro atoms. The van der Waals surface area contributed by atoms with Crippen molar-refractivity contribution >= 4 is 5.97 Å². The molecule has 0 atom stereocenters. The molecule has 0 aliphatic carbocycles. The zero-order chi connectivity index (χ0) is 25.5. The van der Waals surface area contributed by atoms with Crippen molar-refractivity contribution < 1.29 is 9.90 Å². The van der Waals surface area contributed by atoms with Crippen LogP contribution in [0.15, 0.2) is 0 Å². The first-order chi connectivity index (χ1) is 17.3. The number of carboxylic acid groups (broad SMARTS) is 1. The van der Waals surface area contributed by atoms with Gasteiger partial charge in [0.15, 0.2) is 0 Å². The Bertz CT molecular complexity index is 393. The summed E-state index contributed by atoms with van der Waals surface area (Å²) in [5, 5.41) is 10.3. The highest BCUT2D eigenvalue weighted by molar-refractivity contribution is 5.64. The van der Waals surface area contributed by atoms with Crippen molar-refractivity contribution in [1.82, 2.24) is 0 Å². The van der Waals surface area contributed by atoms with Gasteiger partial charge >= 0.3 is 0 Å². The summed E-state index contributed by atoms with van der Waals surface area (Å²) in [4.78, 5) is 10.3. The maximum absolute atomic E-state index is 10.3. The lowest BCUT2D eigenvalue weighted by Gasteiger charge is -2.05. The first kappa shape index (κ1) is 34.5. The fourth-order valence-electron chi connectivity index (χ4n) is 5.29. The van der Waals surface area contributed by atoms with Crippen molar-refractivity contribution in [3.05, 3.63) is 0 Å². The zero-order valence-corrected chi connectivity index (χ0v) is 24.2. The second-order valence-corrected chi connectivity index (χ2v) is 11.4. The van der Waals surface area contributed by atoms with Crippen LogP contribution in [0.5, 0.6) is 0 Å². The number of hydrogen-bond acceptors (Lipinski definition) is 2. The number of rotatable bonds is 31. The SMILES string of the molecule is CCCCCCCCCCCCCCCCCCCCCCCCCCCCCCCCC(=O)[O-]. The van der Waals surface area contributed by atoms with Gasteiger partial charge < -0.3 is 9.90 Å². The van der Waals surface area contributed by atoms with E-state index in [2.05, 4.69) is 6.92 Å². The highest BCUT2D eigenvalue weighted by Gasteiger charge is 1.97. The summed E-state index contributed by atoms with van der Waals surface area (Å²) in [7, 11) is 0. The van der Waals surface area contributed by atoms with Gasteiger partial charge in [0.25, 0.3) is 0 Å². The molecule has 0 heterocycles. The first-order valence-electron chi connectivity index (χ1n) is 16.5. The molecule has 0 fully saturated rings. The molecule has 0 aromatic rings. The molecule has 0 rings (SSSR count). The highest BCUT2D eigenvalue weighted by Crippen LogP contribution is 2.16. The molecule has 2 nitrogen and oxygen atoms in total. The minimum atomic E-state index is -0.898. The molecule has 0 amide bonds. The number of carbonyl (C=O) groups is 1. The Kier molecular flexibility index (Phi) is 31.0. The lowest BCUT2D eigenvalue weighted by Crippen LogP contribution is -2.21. The monoisotopic (exact) mass is 493 g/mol. The summed E-state index contributed by atoms with van der Waals surface area (Å²) < 4.78 is 0. The second kappa shape index (κ2) is 31.5. The fourth-order valence-corrected chi connectivity index (χ4v) is 5.29. The molecule has 210 valence electrons. The van der Waals surface area contributed by atoms with Gasteiger partial charge in [-0.15, -0.1) is 0 Å². The number of carboxylic acids is 1. The number of unbranched alkanes of at least 4 members (excludes halogenated alkanes) is 29. The molecular formula is C33H65O2-. The van der Waals surface area contributed by atoms with Gasteiger partial charge in [-0.25, -0.2) is 0 Å². The normalized spacial score (nSPS) is 11.3. The van der Waals surface area contributed by atoms with Crippen LogP contribution in [0.2, 0.25) is 0 Å². The molecule has 0 radical (unpaired) electrons. The number of hydrogen-bond donors (Lipinski definition) is 0. The Labute approximate surface area is 221 Å². The van der Waals surface area contributed by atoms with E-state index in [4.69, 9.17) is 0 Å². The third-order valence-electron chi connectivity index (χ3n) is 7.73. The van der Waals surface area contributed by atoms with E-state index in [9.17, 15) is 9.90 Å². The van der Waals surface area contributed by atoms with Crippen LogP contribution < -0.4 is 5.11 Å². The molecular weight excluding hydrogens is 428 g/mol. The molecule has 2 heteroatoms. The van der Waals surface area contributed by atoms with Gasteiger partial charge in [0, 0.05) is 5.97 Å². The van der Waals surface area contributed by atoms with Crippen molar-refractivity contribution in [2.75, 3.05) is 0 Å². The summed E-state index contributed by atoms with van der Waals surface area (Å²) in [6.45, 7) is 2.30. The quantitative estimate of drug-likeness (QED) is 0.0901. The third kappa shape index (κ3) is 33.5. The van der Waals surface area contributed by atoms with E-state index in [0.29, 0.717) is 0 Å². The van der Waals surface area contributed by atoms with E-state index >= 15 is 0 Å². The summed E-state index contributed by atoms with van der Waals surface area (Å²) in [5.74, 6) is -0.898. The molecule has 0 saturated carbocycles. The predicted octanol–water partition coefficient (Wildman–Crippen LogP) is 10.8. The van der Waals surface area contributed by atoms with Crippen LogP contribution in [0.4, 0.5) is 0 Å². The lowest BCUT2D eigenvalue weighted by molar-refractivity contribution is -0.305. The third-order valence-corrected chi connectivity index (χ3v) is 7.73. The standard InChI is InChI=1S/C33H66O2/c1-2-3-4-5-6-7-8-9-10-11-12-13-14-15-16-17-18-19-20-21-22-23-24-25-26-27-28-29-30-31-32-33(34)35/h2-32H2,1H3,(H,34,35)/p-1. The molecule has 0 saturated heterocycles. The molecule has 35 heavy (non-hydrogen) atoms. The van der Waals surface area contributed by atoms with E-state index in [1.165, 1.54) is 180 Å².